The Kier molecular flexibility index (Phi) is 8.02. The first-order valence-corrected chi connectivity index (χ1v) is 12.2. The molecular formula is C27H32N2O6. The number of carboxylic acids is 1. The molecule has 186 valence electrons. The number of rotatable bonds is 10. The van der Waals surface area contributed by atoms with Gasteiger partial charge in [0.25, 0.3) is 0 Å². The Morgan fingerprint density at radius 1 is 1.09 bits per heavy atom. The summed E-state index contributed by atoms with van der Waals surface area (Å²) >= 11 is 0. The van der Waals surface area contributed by atoms with E-state index in [0.717, 1.165) is 11.1 Å². The fourth-order valence-electron chi connectivity index (χ4n) is 4.95. The number of benzene rings is 2. The third-order valence-corrected chi connectivity index (χ3v) is 6.74. The van der Waals surface area contributed by atoms with Crippen LogP contribution in [0.2, 0.25) is 0 Å². The summed E-state index contributed by atoms with van der Waals surface area (Å²) in [6.45, 7) is 2.81. The normalized spacial score (nSPS) is 19.5. The van der Waals surface area contributed by atoms with Crippen LogP contribution in [-0.4, -0.2) is 55.0 Å². The van der Waals surface area contributed by atoms with E-state index in [1.165, 1.54) is 11.1 Å². The number of carboxylic acid groups (broad SMARTS) is 1. The van der Waals surface area contributed by atoms with Gasteiger partial charge in [0, 0.05) is 37.5 Å². The van der Waals surface area contributed by atoms with E-state index in [4.69, 9.17) is 14.6 Å². The molecule has 2 aromatic carbocycles. The maximum absolute atomic E-state index is 12.6. The summed E-state index contributed by atoms with van der Waals surface area (Å²) in [6, 6.07) is 16.2. The van der Waals surface area contributed by atoms with Crippen LogP contribution in [0.5, 0.6) is 0 Å². The Balaban J connectivity index is 1.25. The van der Waals surface area contributed by atoms with Gasteiger partial charge in [0.2, 0.25) is 5.91 Å². The maximum atomic E-state index is 12.6. The van der Waals surface area contributed by atoms with E-state index in [-0.39, 0.29) is 43.4 Å². The second-order valence-electron chi connectivity index (χ2n) is 9.24. The molecule has 3 unspecified atom stereocenters. The molecule has 3 N–H and O–H groups in total. The van der Waals surface area contributed by atoms with Gasteiger partial charge in [-0.15, -0.1) is 0 Å². The Morgan fingerprint density at radius 3 is 2.40 bits per heavy atom. The number of amides is 2. The number of hydrogen-bond donors (Lipinski definition) is 3. The molecule has 0 radical (unpaired) electrons. The van der Waals surface area contributed by atoms with E-state index in [1.807, 2.05) is 31.2 Å². The van der Waals surface area contributed by atoms with Gasteiger partial charge < -0.3 is 25.2 Å². The van der Waals surface area contributed by atoms with E-state index < -0.39 is 18.2 Å². The lowest BCUT2D eigenvalue weighted by molar-refractivity contribution is -0.137. The highest BCUT2D eigenvalue weighted by Gasteiger charge is 2.35. The Hall–Kier alpha value is -3.39. The predicted octanol–water partition coefficient (Wildman–Crippen LogP) is 3.69. The summed E-state index contributed by atoms with van der Waals surface area (Å²) in [5.74, 6) is -1.24. The van der Waals surface area contributed by atoms with E-state index in [0.29, 0.717) is 25.9 Å². The van der Waals surface area contributed by atoms with Crippen LogP contribution in [0.4, 0.5) is 4.79 Å². The molecule has 2 aromatic rings. The van der Waals surface area contributed by atoms with Crippen LogP contribution in [0, 0.1) is 5.92 Å². The van der Waals surface area contributed by atoms with Crippen LogP contribution >= 0.6 is 0 Å². The lowest BCUT2D eigenvalue weighted by Crippen LogP contribution is -2.45. The molecule has 8 nitrogen and oxygen atoms in total. The molecule has 0 saturated carbocycles. The fraction of sp³-hybridized carbons (Fsp3) is 0.444. The molecule has 1 aliphatic heterocycles. The van der Waals surface area contributed by atoms with Crippen molar-refractivity contribution in [3.05, 3.63) is 59.7 Å². The number of alkyl carbamates (subject to hydrolysis) is 1. The molecule has 0 spiro atoms. The molecule has 1 aliphatic carbocycles. The van der Waals surface area contributed by atoms with Gasteiger partial charge in [-0.2, -0.15) is 0 Å². The van der Waals surface area contributed by atoms with Gasteiger partial charge in [-0.05, 0) is 48.4 Å². The monoisotopic (exact) mass is 480 g/mol. The Labute approximate surface area is 205 Å². The second-order valence-corrected chi connectivity index (χ2v) is 9.24. The van der Waals surface area contributed by atoms with Gasteiger partial charge in [0.1, 0.15) is 12.7 Å². The number of fused-ring (bicyclic) bond motifs is 3. The zero-order valence-corrected chi connectivity index (χ0v) is 19.9. The summed E-state index contributed by atoms with van der Waals surface area (Å²) in [4.78, 5) is 35.8. The van der Waals surface area contributed by atoms with E-state index in [1.54, 1.807) is 0 Å². The van der Waals surface area contributed by atoms with Crippen LogP contribution in [0.1, 0.15) is 49.7 Å². The van der Waals surface area contributed by atoms with Crippen LogP contribution in [-0.2, 0) is 19.1 Å². The van der Waals surface area contributed by atoms with Crippen molar-refractivity contribution >= 4 is 18.0 Å². The quantitative estimate of drug-likeness (QED) is 0.478. The topological polar surface area (TPSA) is 114 Å². The zero-order chi connectivity index (χ0) is 24.8. The van der Waals surface area contributed by atoms with Crippen LogP contribution in [0.3, 0.4) is 0 Å². The third kappa shape index (κ3) is 6.00. The largest absolute Gasteiger partial charge is 0.481 e. The molecule has 0 aromatic heterocycles. The van der Waals surface area contributed by atoms with E-state index in [2.05, 4.69) is 34.9 Å². The molecule has 3 atom stereocenters. The summed E-state index contributed by atoms with van der Waals surface area (Å²) < 4.78 is 11.2. The van der Waals surface area contributed by atoms with Crippen LogP contribution in [0.25, 0.3) is 11.1 Å². The van der Waals surface area contributed by atoms with Crippen molar-refractivity contribution in [2.45, 2.75) is 50.7 Å². The summed E-state index contributed by atoms with van der Waals surface area (Å²) in [6.07, 6.45) is 0.649. The van der Waals surface area contributed by atoms with Crippen molar-refractivity contribution in [2.75, 3.05) is 19.8 Å². The van der Waals surface area contributed by atoms with Gasteiger partial charge in [0.15, 0.2) is 0 Å². The summed E-state index contributed by atoms with van der Waals surface area (Å²) in [5.41, 5.74) is 4.65. The van der Waals surface area contributed by atoms with Crippen molar-refractivity contribution in [2.24, 2.45) is 5.92 Å². The third-order valence-electron chi connectivity index (χ3n) is 6.74. The number of ether oxygens (including phenoxy) is 2. The number of aliphatic carboxylic acids is 1. The lowest BCUT2D eigenvalue weighted by atomic mass is 9.98. The van der Waals surface area contributed by atoms with Gasteiger partial charge in [-0.25, -0.2) is 4.79 Å². The first kappa shape index (κ1) is 24.7. The minimum atomic E-state index is -0.845. The molecule has 2 aliphatic rings. The molecule has 4 rings (SSSR count). The molecule has 1 saturated heterocycles. The van der Waals surface area contributed by atoms with Gasteiger partial charge in [0.05, 0.1) is 0 Å². The predicted molar refractivity (Wildman–Crippen MR) is 130 cm³/mol. The highest BCUT2D eigenvalue weighted by atomic mass is 16.5. The smallest absolute Gasteiger partial charge is 0.407 e. The van der Waals surface area contributed by atoms with Crippen LogP contribution < -0.4 is 10.6 Å². The maximum Gasteiger partial charge on any atom is 0.407 e. The number of carbonyl (C=O) groups is 3. The van der Waals surface area contributed by atoms with Gasteiger partial charge >= 0.3 is 12.1 Å². The molecule has 1 fully saturated rings. The minimum Gasteiger partial charge on any atom is -0.481 e. The number of carbonyl (C=O) groups excluding carboxylic acids is 2. The van der Waals surface area contributed by atoms with Crippen molar-refractivity contribution in [3.63, 3.8) is 0 Å². The Morgan fingerprint density at radius 2 is 1.74 bits per heavy atom. The minimum absolute atomic E-state index is 0.0101. The fourth-order valence-corrected chi connectivity index (χ4v) is 4.95. The average molecular weight is 481 g/mol. The van der Waals surface area contributed by atoms with E-state index >= 15 is 0 Å². The van der Waals surface area contributed by atoms with Crippen molar-refractivity contribution in [1.29, 1.82) is 0 Å². The average Bonchev–Trinajstić information content (AvgIpc) is 3.44. The highest BCUT2D eigenvalue weighted by molar-refractivity contribution is 5.82. The molecule has 0 bridgehead atoms. The molecule has 2 amide bonds. The summed E-state index contributed by atoms with van der Waals surface area (Å²) in [7, 11) is 0. The lowest BCUT2D eigenvalue weighted by Gasteiger charge is -2.21. The zero-order valence-electron chi connectivity index (χ0n) is 19.9. The standard InChI is InChI=1S/C27H32N2O6/c1-17(7-6-12-24(30)31)29-26(32)25-18(13-14-34-25)15-28-27(33)35-16-23-21-10-4-2-8-19(21)20-9-3-5-11-22(20)23/h2-5,8-11,17-18,23,25H,6-7,12-16H2,1H3,(H,28,33)(H,29,32)(H,30,31). The Bertz CT molecular complexity index is 1030. The van der Waals surface area contributed by atoms with Crippen molar-refractivity contribution < 1.29 is 29.0 Å². The van der Waals surface area contributed by atoms with Gasteiger partial charge in [-0.3, -0.25) is 9.59 Å². The van der Waals surface area contributed by atoms with Gasteiger partial charge in [-0.1, -0.05) is 48.5 Å². The second kappa shape index (κ2) is 11.4. The first-order chi connectivity index (χ1) is 16.9. The number of nitrogens with one attached hydrogen (secondary N) is 2. The molecule has 1 heterocycles. The SMILES string of the molecule is CC(CCCC(=O)O)NC(=O)C1OCCC1CNC(=O)OCC1c2ccccc2-c2ccccc21. The molecule has 8 heteroatoms. The molecular weight excluding hydrogens is 448 g/mol. The first-order valence-electron chi connectivity index (χ1n) is 12.2. The highest BCUT2D eigenvalue weighted by Crippen LogP contribution is 2.44. The molecule has 35 heavy (non-hydrogen) atoms. The van der Waals surface area contributed by atoms with E-state index in [9.17, 15) is 14.4 Å². The van der Waals surface area contributed by atoms with Crippen LogP contribution in [0.15, 0.2) is 48.5 Å². The van der Waals surface area contributed by atoms with Crippen molar-refractivity contribution in [3.8, 4) is 11.1 Å². The number of hydrogen-bond acceptors (Lipinski definition) is 5. The summed E-state index contributed by atoms with van der Waals surface area (Å²) in [5, 5.41) is 14.4. The van der Waals surface area contributed by atoms with Crippen molar-refractivity contribution in [1.82, 2.24) is 10.6 Å².